The number of rotatable bonds is 2. The average molecular weight is 256 g/mol. The topological polar surface area (TPSA) is 34.1 Å². The van der Waals surface area contributed by atoms with Crippen LogP contribution < -0.4 is 5.32 Å². The predicted molar refractivity (Wildman–Crippen MR) is 78.5 cm³/mol. The third-order valence-electron chi connectivity index (χ3n) is 3.82. The van der Waals surface area contributed by atoms with Crippen LogP contribution in [0.1, 0.15) is 25.3 Å². The van der Waals surface area contributed by atoms with Crippen LogP contribution in [0.5, 0.6) is 0 Å². The fourth-order valence-corrected chi connectivity index (χ4v) is 2.79. The Morgan fingerprint density at radius 3 is 3.05 bits per heavy atom. The van der Waals surface area contributed by atoms with Gasteiger partial charge in [-0.2, -0.15) is 0 Å². The Kier molecular flexibility index (Phi) is 3.38. The summed E-state index contributed by atoms with van der Waals surface area (Å²) in [4.78, 5) is 4.48. The summed E-state index contributed by atoms with van der Waals surface area (Å²) in [5.74, 6) is 0. The molecule has 3 nitrogen and oxygen atoms in total. The lowest BCUT2D eigenvalue weighted by Gasteiger charge is -2.29. The maximum Gasteiger partial charge on any atom is 0.0751 e. The standard InChI is InChI=1S/C16H20N2O/c1-11-5-6-15(14-4-3-8-17-16(11)14)18-13-7-9-19-12(2)10-13/h3-6,8,12-13,18H,7,9-10H2,1-2H3. The molecule has 19 heavy (non-hydrogen) atoms. The molecule has 2 aromatic rings. The van der Waals surface area contributed by atoms with Crippen LogP contribution in [-0.2, 0) is 4.74 Å². The highest BCUT2D eigenvalue weighted by atomic mass is 16.5. The van der Waals surface area contributed by atoms with Crippen molar-refractivity contribution in [3.8, 4) is 0 Å². The minimum absolute atomic E-state index is 0.348. The molecule has 0 saturated carbocycles. The second kappa shape index (κ2) is 5.17. The molecule has 2 unspecified atom stereocenters. The Balaban J connectivity index is 1.90. The second-order valence-electron chi connectivity index (χ2n) is 5.38. The summed E-state index contributed by atoms with van der Waals surface area (Å²) in [5.41, 5.74) is 3.50. The van der Waals surface area contributed by atoms with E-state index in [9.17, 15) is 0 Å². The summed E-state index contributed by atoms with van der Waals surface area (Å²) in [6, 6.07) is 8.94. The molecule has 0 aliphatic carbocycles. The average Bonchev–Trinajstić information content (AvgIpc) is 2.42. The molecule has 1 aliphatic rings. The van der Waals surface area contributed by atoms with Crippen molar-refractivity contribution in [2.24, 2.45) is 0 Å². The van der Waals surface area contributed by atoms with Crippen molar-refractivity contribution < 1.29 is 4.74 Å². The Morgan fingerprint density at radius 1 is 1.32 bits per heavy atom. The number of nitrogens with one attached hydrogen (secondary N) is 1. The van der Waals surface area contributed by atoms with Crippen molar-refractivity contribution in [1.82, 2.24) is 4.98 Å². The van der Waals surface area contributed by atoms with Crippen molar-refractivity contribution in [1.29, 1.82) is 0 Å². The van der Waals surface area contributed by atoms with E-state index in [0.717, 1.165) is 25.0 Å². The molecule has 2 atom stereocenters. The van der Waals surface area contributed by atoms with Gasteiger partial charge >= 0.3 is 0 Å². The van der Waals surface area contributed by atoms with E-state index in [0.29, 0.717) is 12.1 Å². The van der Waals surface area contributed by atoms with E-state index in [4.69, 9.17) is 4.74 Å². The molecule has 1 aromatic carbocycles. The number of aryl methyl sites for hydroxylation is 1. The van der Waals surface area contributed by atoms with E-state index in [-0.39, 0.29) is 0 Å². The Bertz CT molecular complexity index is 582. The van der Waals surface area contributed by atoms with Gasteiger partial charge in [-0.25, -0.2) is 0 Å². The van der Waals surface area contributed by atoms with Crippen LogP contribution in [0.3, 0.4) is 0 Å². The van der Waals surface area contributed by atoms with Gasteiger partial charge < -0.3 is 10.1 Å². The minimum Gasteiger partial charge on any atom is -0.382 e. The zero-order valence-electron chi connectivity index (χ0n) is 11.5. The second-order valence-corrected chi connectivity index (χ2v) is 5.38. The van der Waals surface area contributed by atoms with Crippen molar-refractivity contribution in [3.63, 3.8) is 0 Å². The SMILES string of the molecule is Cc1ccc(NC2CCOC(C)C2)c2cccnc12. The zero-order valence-corrected chi connectivity index (χ0v) is 11.5. The number of ether oxygens (including phenoxy) is 1. The van der Waals surface area contributed by atoms with E-state index < -0.39 is 0 Å². The Labute approximate surface area is 114 Å². The van der Waals surface area contributed by atoms with Crippen LogP contribution in [0.25, 0.3) is 10.9 Å². The highest BCUT2D eigenvalue weighted by Crippen LogP contribution is 2.27. The van der Waals surface area contributed by atoms with Gasteiger partial charge in [-0.1, -0.05) is 6.07 Å². The van der Waals surface area contributed by atoms with E-state index in [1.807, 2.05) is 12.3 Å². The molecular weight excluding hydrogens is 236 g/mol. The quantitative estimate of drug-likeness (QED) is 0.892. The van der Waals surface area contributed by atoms with Gasteiger partial charge in [0.15, 0.2) is 0 Å². The maximum atomic E-state index is 5.60. The van der Waals surface area contributed by atoms with E-state index in [2.05, 4.69) is 42.3 Å². The molecule has 1 saturated heterocycles. The highest BCUT2D eigenvalue weighted by molar-refractivity contribution is 5.93. The third-order valence-corrected chi connectivity index (χ3v) is 3.82. The number of anilines is 1. The number of aromatic nitrogens is 1. The molecule has 0 amide bonds. The predicted octanol–water partition coefficient (Wildman–Crippen LogP) is 3.52. The summed E-state index contributed by atoms with van der Waals surface area (Å²) >= 11 is 0. The molecule has 0 bridgehead atoms. The first-order valence-corrected chi connectivity index (χ1v) is 6.96. The molecule has 0 radical (unpaired) electrons. The molecule has 0 spiro atoms. The first-order valence-electron chi connectivity index (χ1n) is 6.96. The highest BCUT2D eigenvalue weighted by Gasteiger charge is 2.19. The molecule has 3 rings (SSSR count). The van der Waals surface area contributed by atoms with Gasteiger partial charge in [-0.3, -0.25) is 4.98 Å². The first-order chi connectivity index (χ1) is 9.24. The normalized spacial score (nSPS) is 23.5. The number of benzene rings is 1. The largest absolute Gasteiger partial charge is 0.382 e. The fourth-order valence-electron chi connectivity index (χ4n) is 2.79. The molecule has 1 aromatic heterocycles. The summed E-state index contributed by atoms with van der Waals surface area (Å²) in [5, 5.41) is 4.87. The Morgan fingerprint density at radius 2 is 2.21 bits per heavy atom. The lowest BCUT2D eigenvalue weighted by atomic mass is 10.0. The van der Waals surface area contributed by atoms with Gasteiger partial charge in [0, 0.05) is 29.9 Å². The lowest BCUT2D eigenvalue weighted by Crippen LogP contribution is -2.32. The van der Waals surface area contributed by atoms with Crippen LogP contribution in [0.2, 0.25) is 0 Å². The van der Waals surface area contributed by atoms with Crippen molar-refractivity contribution in [3.05, 3.63) is 36.0 Å². The molecule has 3 heteroatoms. The van der Waals surface area contributed by atoms with E-state index in [1.165, 1.54) is 16.6 Å². The minimum atomic E-state index is 0.348. The number of fused-ring (bicyclic) bond motifs is 1. The molecule has 1 fully saturated rings. The lowest BCUT2D eigenvalue weighted by molar-refractivity contribution is 0.0232. The van der Waals surface area contributed by atoms with Gasteiger partial charge in [0.05, 0.1) is 11.6 Å². The van der Waals surface area contributed by atoms with Gasteiger partial charge in [-0.05, 0) is 50.5 Å². The van der Waals surface area contributed by atoms with Crippen molar-refractivity contribution >= 4 is 16.6 Å². The number of hydrogen-bond acceptors (Lipinski definition) is 3. The first kappa shape index (κ1) is 12.4. The molecule has 1 aliphatic heterocycles. The van der Waals surface area contributed by atoms with Crippen LogP contribution in [0.4, 0.5) is 5.69 Å². The summed E-state index contributed by atoms with van der Waals surface area (Å²) in [6.45, 7) is 5.10. The van der Waals surface area contributed by atoms with Gasteiger partial charge in [-0.15, -0.1) is 0 Å². The van der Waals surface area contributed by atoms with E-state index >= 15 is 0 Å². The van der Waals surface area contributed by atoms with Crippen molar-refractivity contribution in [2.45, 2.75) is 38.8 Å². The number of nitrogens with zero attached hydrogens (tertiary/aromatic N) is 1. The molecule has 2 heterocycles. The zero-order chi connectivity index (χ0) is 13.2. The van der Waals surface area contributed by atoms with Gasteiger partial charge in [0.2, 0.25) is 0 Å². The van der Waals surface area contributed by atoms with Crippen molar-refractivity contribution in [2.75, 3.05) is 11.9 Å². The van der Waals surface area contributed by atoms with Crippen LogP contribution >= 0.6 is 0 Å². The molecular formula is C16H20N2O. The monoisotopic (exact) mass is 256 g/mol. The maximum absolute atomic E-state index is 5.60. The Hall–Kier alpha value is -1.61. The summed E-state index contributed by atoms with van der Waals surface area (Å²) in [6.07, 6.45) is 4.34. The van der Waals surface area contributed by atoms with Crippen LogP contribution in [0.15, 0.2) is 30.5 Å². The van der Waals surface area contributed by atoms with Crippen LogP contribution in [-0.4, -0.2) is 23.7 Å². The van der Waals surface area contributed by atoms with Gasteiger partial charge in [0.1, 0.15) is 0 Å². The smallest absolute Gasteiger partial charge is 0.0751 e. The molecule has 1 N–H and O–H groups in total. The van der Waals surface area contributed by atoms with Gasteiger partial charge in [0.25, 0.3) is 0 Å². The number of pyridine rings is 1. The summed E-state index contributed by atoms with van der Waals surface area (Å²) < 4.78 is 5.60. The van der Waals surface area contributed by atoms with E-state index in [1.54, 1.807) is 0 Å². The third kappa shape index (κ3) is 2.56. The summed E-state index contributed by atoms with van der Waals surface area (Å²) in [7, 11) is 0. The van der Waals surface area contributed by atoms with Crippen LogP contribution in [0, 0.1) is 6.92 Å². The fraction of sp³-hybridized carbons (Fsp3) is 0.438. The number of hydrogen-bond donors (Lipinski definition) is 1. The molecule has 100 valence electrons.